The van der Waals surface area contributed by atoms with Crippen LogP contribution < -0.4 is 20.9 Å². The third kappa shape index (κ3) is 7.28. The van der Waals surface area contributed by atoms with E-state index in [0.717, 1.165) is 16.9 Å². The molecule has 0 amide bonds. The minimum Gasteiger partial charge on any atom is -0.456 e. The SMILES string of the molecule is C[C@H](NP(=O)(OC[C@@H]1CC(O)[C@H](n2ncc(=O)[nH]c2=O)O1)Oc1ccccc1)C(=O)OCc1ccc([N+](=O)[O-])o1. The van der Waals surface area contributed by atoms with E-state index in [1.54, 1.807) is 18.2 Å². The maximum Gasteiger partial charge on any atom is 0.459 e. The van der Waals surface area contributed by atoms with Gasteiger partial charge in [-0.15, -0.1) is 0 Å². The number of aromatic nitrogens is 3. The molecule has 3 aromatic rings. The van der Waals surface area contributed by atoms with E-state index in [1.165, 1.54) is 25.1 Å². The van der Waals surface area contributed by atoms with Crippen LogP contribution in [0, 0.1) is 10.1 Å². The molecule has 2 unspecified atom stereocenters. The highest BCUT2D eigenvalue weighted by molar-refractivity contribution is 7.52. The van der Waals surface area contributed by atoms with E-state index >= 15 is 0 Å². The molecule has 0 aliphatic carbocycles. The fourth-order valence-electron chi connectivity index (χ4n) is 3.59. The lowest BCUT2D eigenvalue weighted by molar-refractivity contribution is -0.402. The molecule has 18 heteroatoms. The Morgan fingerprint density at radius 2 is 2.08 bits per heavy atom. The highest BCUT2D eigenvalue weighted by atomic mass is 31.2. The van der Waals surface area contributed by atoms with Crippen LogP contribution in [0.1, 0.15) is 25.3 Å². The minimum absolute atomic E-state index is 0.0230. The van der Waals surface area contributed by atoms with Crippen LogP contribution in [0.15, 0.2) is 62.7 Å². The second-order valence-corrected chi connectivity index (χ2v) is 10.2. The Bertz CT molecular complexity index is 1510. The first-order valence-corrected chi connectivity index (χ1v) is 13.3. The molecule has 0 radical (unpaired) electrons. The van der Waals surface area contributed by atoms with Gasteiger partial charge in [0.2, 0.25) is 0 Å². The third-order valence-corrected chi connectivity index (χ3v) is 7.08. The monoisotopic (exact) mass is 581 g/mol. The van der Waals surface area contributed by atoms with E-state index in [0.29, 0.717) is 0 Å². The summed E-state index contributed by atoms with van der Waals surface area (Å²) in [6.45, 7) is 0.509. The number of nitro groups is 1. The molecular formula is C22H24N5O12P. The number of hydrogen-bond donors (Lipinski definition) is 3. The zero-order valence-corrected chi connectivity index (χ0v) is 21.7. The highest BCUT2D eigenvalue weighted by Crippen LogP contribution is 2.45. The van der Waals surface area contributed by atoms with Crippen molar-refractivity contribution in [2.45, 2.75) is 44.4 Å². The molecule has 1 aliphatic rings. The Morgan fingerprint density at radius 3 is 2.75 bits per heavy atom. The van der Waals surface area contributed by atoms with Gasteiger partial charge in [-0.1, -0.05) is 18.2 Å². The largest absolute Gasteiger partial charge is 0.459 e. The smallest absolute Gasteiger partial charge is 0.456 e. The molecule has 3 heterocycles. The molecule has 5 atom stereocenters. The summed E-state index contributed by atoms with van der Waals surface area (Å²) in [4.78, 5) is 47.8. The lowest BCUT2D eigenvalue weighted by Crippen LogP contribution is -2.37. The van der Waals surface area contributed by atoms with E-state index in [-0.39, 0.29) is 17.9 Å². The number of carbonyl (C=O) groups is 1. The minimum atomic E-state index is -4.29. The standard InChI is InChI=1S/C22H24N5O12P/c1-13(21(30)35-11-15-7-8-19(37-15)27(32)33)25-40(34,39-14-5-3-2-4-6-14)36-12-16-9-17(28)20(38-16)26-22(31)24-18(29)10-23-26/h2-8,10,13,16-17,20,28H,9,11-12H2,1H3,(H,25,34)(H,24,29,31)/t13-,16-,17?,20+,40?/m0/s1. The molecule has 3 N–H and O–H groups in total. The topological polar surface area (TPSA) is 227 Å². The second kappa shape index (κ2) is 12.4. The first-order valence-electron chi connectivity index (χ1n) is 11.7. The van der Waals surface area contributed by atoms with Gasteiger partial charge in [0.05, 0.1) is 18.8 Å². The number of nitrogens with one attached hydrogen (secondary N) is 2. The van der Waals surface area contributed by atoms with Crippen LogP contribution in [-0.4, -0.2) is 55.6 Å². The van der Waals surface area contributed by atoms with Gasteiger partial charge >= 0.3 is 25.3 Å². The Kier molecular flexibility index (Phi) is 8.91. The van der Waals surface area contributed by atoms with Crippen molar-refractivity contribution in [2.24, 2.45) is 0 Å². The van der Waals surface area contributed by atoms with Gasteiger partial charge in [-0.25, -0.2) is 9.36 Å². The van der Waals surface area contributed by atoms with Crippen LogP contribution in [0.4, 0.5) is 5.88 Å². The van der Waals surface area contributed by atoms with Gasteiger partial charge in [-0.2, -0.15) is 14.9 Å². The van der Waals surface area contributed by atoms with Crippen LogP contribution >= 0.6 is 7.75 Å². The molecular weight excluding hydrogens is 557 g/mol. The molecule has 1 aromatic carbocycles. The molecule has 1 fully saturated rings. The number of aliphatic hydroxyl groups excluding tert-OH is 1. The summed E-state index contributed by atoms with van der Waals surface area (Å²) in [7, 11) is -4.29. The lowest BCUT2D eigenvalue weighted by Gasteiger charge is -2.24. The van der Waals surface area contributed by atoms with E-state index in [1.807, 2.05) is 4.98 Å². The first kappa shape index (κ1) is 28.8. The zero-order valence-electron chi connectivity index (χ0n) is 20.8. The Morgan fingerprint density at radius 1 is 1.32 bits per heavy atom. The van der Waals surface area contributed by atoms with Crippen molar-refractivity contribution in [3.05, 3.63) is 85.4 Å². The molecule has 2 aromatic heterocycles. The van der Waals surface area contributed by atoms with Gasteiger partial charge in [-0.3, -0.25) is 29.2 Å². The van der Waals surface area contributed by atoms with Crippen molar-refractivity contribution in [1.82, 2.24) is 19.9 Å². The zero-order chi connectivity index (χ0) is 28.9. The summed E-state index contributed by atoms with van der Waals surface area (Å²) in [5.74, 6) is -1.24. The second-order valence-electron chi connectivity index (χ2n) is 8.49. The lowest BCUT2D eigenvalue weighted by atomic mass is 10.2. The van der Waals surface area contributed by atoms with E-state index in [4.69, 9.17) is 22.9 Å². The Balaban J connectivity index is 1.40. The summed E-state index contributed by atoms with van der Waals surface area (Å²) in [5, 5.41) is 27.3. The number of H-pyrrole nitrogens is 1. The van der Waals surface area contributed by atoms with Gasteiger partial charge in [0.15, 0.2) is 6.23 Å². The van der Waals surface area contributed by atoms with E-state index in [9.17, 15) is 34.2 Å². The maximum absolute atomic E-state index is 13.6. The highest BCUT2D eigenvalue weighted by Gasteiger charge is 2.40. The third-order valence-electron chi connectivity index (χ3n) is 5.43. The van der Waals surface area contributed by atoms with Crippen LogP contribution in [0.3, 0.4) is 0 Å². The Labute approximate surface area is 224 Å². The average Bonchev–Trinajstić information content (AvgIpc) is 3.53. The number of carbonyl (C=O) groups excluding carboxylic acids is 1. The van der Waals surface area contributed by atoms with E-state index in [2.05, 4.69) is 10.2 Å². The molecule has 1 aliphatic heterocycles. The number of para-hydroxylation sites is 1. The number of benzene rings is 1. The molecule has 0 spiro atoms. The van der Waals surface area contributed by atoms with Crippen molar-refractivity contribution in [2.75, 3.05) is 6.61 Å². The van der Waals surface area contributed by atoms with Crippen LogP contribution in [0.2, 0.25) is 0 Å². The number of aromatic amines is 1. The molecule has 40 heavy (non-hydrogen) atoms. The van der Waals surface area contributed by atoms with Crippen LogP contribution in [-0.2, 0) is 30.0 Å². The van der Waals surface area contributed by atoms with Gasteiger partial charge in [0, 0.05) is 6.42 Å². The summed E-state index contributed by atoms with van der Waals surface area (Å²) < 4.78 is 41.1. The van der Waals surface area contributed by atoms with Crippen molar-refractivity contribution in [3.8, 4) is 5.75 Å². The predicted molar refractivity (Wildman–Crippen MR) is 132 cm³/mol. The Hall–Kier alpha value is -4.15. The molecule has 4 rings (SSSR count). The summed E-state index contributed by atoms with van der Waals surface area (Å²) in [6.07, 6.45) is -2.53. The number of esters is 1. The summed E-state index contributed by atoms with van der Waals surface area (Å²) in [6, 6.07) is 9.09. The fraction of sp³-hybridized carbons (Fsp3) is 0.364. The molecule has 0 bridgehead atoms. The molecule has 214 valence electrons. The fourth-order valence-corrected chi connectivity index (χ4v) is 5.11. The van der Waals surface area contributed by atoms with Crippen molar-refractivity contribution < 1.29 is 42.3 Å². The van der Waals surface area contributed by atoms with Gasteiger partial charge in [0.1, 0.15) is 41.4 Å². The van der Waals surface area contributed by atoms with Crippen molar-refractivity contribution >= 4 is 19.6 Å². The van der Waals surface area contributed by atoms with Gasteiger partial charge in [-0.05, 0) is 25.1 Å². The molecule has 1 saturated heterocycles. The number of furan rings is 1. The van der Waals surface area contributed by atoms with E-state index < -0.39 is 73.5 Å². The number of hydrogen-bond acceptors (Lipinski definition) is 13. The normalized spacial score (nSPS) is 20.9. The maximum atomic E-state index is 13.6. The number of rotatable bonds is 12. The van der Waals surface area contributed by atoms with Gasteiger partial charge in [0.25, 0.3) is 5.56 Å². The van der Waals surface area contributed by atoms with Crippen LogP contribution in [0.5, 0.6) is 5.75 Å². The molecule has 17 nitrogen and oxygen atoms in total. The quantitative estimate of drug-likeness (QED) is 0.117. The molecule has 0 saturated carbocycles. The van der Waals surface area contributed by atoms with Crippen molar-refractivity contribution in [3.63, 3.8) is 0 Å². The summed E-state index contributed by atoms with van der Waals surface area (Å²) in [5.41, 5.74) is -1.62. The van der Waals surface area contributed by atoms with Crippen molar-refractivity contribution in [1.29, 1.82) is 0 Å². The van der Waals surface area contributed by atoms with Gasteiger partial charge < -0.3 is 23.5 Å². The average molecular weight is 581 g/mol. The predicted octanol–water partition coefficient (Wildman–Crippen LogP) is 1.01. The number of ether oxygens (including phenoxy) is 2. The number of nitrogens with zero attached hydrogens (tertiary/aromatic N) is 3. The summed E-state index contributed by atoms with van der Waals surface area (Å²) >= 11 is 0. The van der Waals surface area contributed by atoms with Crippen LogP contribution in [0.25, 0.3) is 0 Å². The number of aliphatic hydroxyl groups is 1. The first-order chi connectivity index (χ1) is 19.0.